The van der Waals surface area contributed by atoms with Crippen molar-refractivity contribution < 1.29 is 32.0 Å². The van der Waals surface area contributed by atoms with E-state index < -0.39 is 18.2 Å². The molecule has 174 valence electrons. The first-order valence-corrected chi connectivity index (χ1v) is 9.93. The Morgan fingerprint density at radius 3 is 2.58 bits per heavy atom. The number of pyridine rings is 2. The predicted molar refractivity (Wildman–Crippen MR) is 107 cm³/mol. The van der Waals surface area contributed by atoms with Crippen LogP contribution < -0.4 is 10.2 Å². The number of hydrogen-bond acceptors (Lipinski definition) is 9. The summed E-state index contributed by atoms with van der Waals surface area (Å²) in [5.74, 6) is -0.824. The number of anilines is 1. The molecule has 3 aromatic rings. The zero-order chi connectivity index (χ0) is 23.3. The van der Waals surface area contributed by atoms with E-state index in [1.54, 1.807) is 6.20 Å². The van der Waals surface area contributed by atoms with E-state index >= 15 is 0 Å². The van der Waals surface area contributed by atoms with Gasteiger partial charge in [0, 0.05) is 36.6 Å². The van der Waals surface area contributed by atoms with Crippen LogP contribution in [0, 0.1) is 0 Å². The number of morpholine rings is 1. The highest BCUT2D eigenvalue weighted by Gasteiger charge is 2.38. The summed E-state index contributed by atoms with van der Waals surface area (Å²) in [6.45, 7) is 3.01. The predicted octanol–water partition coefficient (Wildman–Crippen LogP) is 2.81. The van der Waals surface area contributed by atoms with Crippen LogP contribution in [0.1, 0.15) is 17.1 Å². The first-order valence-electron chi connectivity index (χ1n) is 9.93. The van der Waals surface area contributed by atoms with E-state index in [0.29, 0.717) is 18.9 Å². The lowest BCUT2D eigenvalue weighted by molar-refractivity contribution is -0.159. The van der Waals surface area contributed by atoms with Gasteiger partial charge in [-0.25, -0.2) is 9.78 Å². The Labute approximate surface area is 185 Å². The minimum atomic E-state index is -4.72. The van der Waals surface area contributed by atoms with Crippen LogP contribution in [0.15, 0.2) is 41.2 Å². The van der Waals surface area contributed by atoms with Crippen LogP contribution in [-0.2, 0) is 28.8 Å². The standard InChI is InChI=1S/C20H19F3N6O4/c21-20(22,23)18-27-17(28-33-18)14-2-3-15(24-10-14)11-26-19(30)32-12-13-1-4-16(25-9-13)29-5-7-31-8-6-29/h1-4,9-10H,5-8,11-12H2,(H,26,30). The number of hydrogen-bond donors (Lipinski definition) is 1. The molecule has 1 saturated heterocycles. The van der Waals surface area contributed by atoms with Gasteiger partial charge in [-0.3, -0.25) is 4.98 Å². The van der Waals surface area contributed by atoms with Gasteiger partial charge in [-0.15, -0.1) is 0 Å². The highest BCUT2D eigenvalue weighted by atomic mass is 19.4. The van der Waals surface area contributed by atoms with Crippen LogP contribution in [0.2, 0.25) is 0 Å². The number of aromatic nitrogens is 4. The molecule has 4 rings (SSSR count). The van der Waals surface area contributed by atoms with Gasteiger partial charge in [0.1, 0.15) is 12.4 Å². The largest absolute Gasteiger partial charge is 0.471 e. The van der Waals surface area contributed by atoms with Gasteiger partial charge in [0.15, 0.2) is 0 Å². The Bertz CT molecular complexity index is 1070. The van der Waals surface area contributed by atoms with E-state index in [0.717, 1.165) is 24.5 Å². The molecule has 1 amide bonds. The maximum Gasteiger partial charge on any atom is 0.471 e. The molecule has 0 radical (unpaired) electrons. The van der Waals surface area contributed by atoms with Crippen molar-refractivity contribution in [1.29, 1.82) is 0 Å². The first-order chi connectivity index (χ1) is 15.9. The Morgan fingerprint density at radius 1 is 1.12 bits per heavy atom. The maximum atomic E-state index is 12.5. The fraction of sp³-hybridized carbons (Fsp3) is 0.350. The molecule has 0 atom stereocenters. The molecule has 3 aromatic heterocycles. The van der Waals surface area contributed by atoms with Crippen molar-refractivity contribution in [3.05, 3.63) is 53.8 Å². The van der Waals surface area contributed by atoms with Crippen LogP contribution in [0.25, 0.3) is 11.4 Å². The topological polar surface area (TPSA) is 116 Å². The van der Waals surface area contributed by atoms with E-state index in [1.165, 1.54) is 18.3 Å². The SMILES string of the molecule is O=C(NCc1ccc(-c2noc(C(F)(F)F)n2)cn1)OCc1ccc(N2CCOCC2)nc1. The molecule has 0 saturated carbocycles. The van der Waals surface area contributed by atoms with Crippen molar-refractivity contribution in [2.24, 2.45) is 0 Å². The van der Waals surface area contributed by atoms with E-state index in [2.05, 4.69) is 34.8 Å². The lowest BCUT2D eigenvalue weighted by Crippen LogP contribution is -2.36. The number of carbonyl (C=O) groups excluding carboxylic acids is 1. The van der Waals surface area contributed by atoms with E-state index in [1.807, 2.05) is 12.1 Å². The summed E-state index contributed by atoms with van der Waals surface area (Å²) in [6, 6.07) is 6.71. The van der Waals surface area contributed by atoms with Crippen molar-refractivity contribution in [3.8, 4) is 11.4 Å². The minimum Gasteiger partial charge on any atom is -0.445 e. The number of halogens is 3. The number of rotatable bonds is 6. The van der Waals surface area contributed by atoms with Crippen LogP contribution in [0.3, 0.4) is 0 Å². The van der Waals surface area contributed by atoms with Crippen LogP contribution in [-0.4, -0.2) is 52.5 Å². The Morgan fingerprint density at radius 2 is 1.94 bits per heavy atom. The van der Waals surface area contributed by atoms with Gasteiger partial charge < -0.3 is 24.2 Å². The summed E-state index contributed by atoms with van der Waals surface area (Å²) in [6.07, 6.45) is -2.43. The molecule has 13 heteroatoms. The molecular formula is C20H19F3N6O4. The number of ether oxygens (including phenoxy) is 2. The Kier molecular flexibility index (Phi) is 6.68. The average molecular weight is 464 g/mol. The zero-order valence-corrected chi connectivity index (χ0v) is 17.2. The third-order valence-corrected chi connectivity index (χ3v) is 4.68. The van der Waals surface area contributed by atoms with Gasteiger partial charge in [0.2, 0.25) is 5.82 Å². The lowest BCUT2D eigenvalue weighted by Gasteiger charge is -2.27. The quantitative estimate of drug-likeness (QED) is 0.588. The molecule has 0 bridgehead atoms. The fourth-order valence-electron chi connectivity index (χ4n) is 2.96. The molecule has 1 aliphatic rings. The van der Waals surface area contributed by atoms with Gasteiger partial charge in [0.05, 0.1) is 25.5 Å². The number of carbonyl (C=O) groups is 1. The number of alkyl carbamates (subject to hydrolysis) is 1. The monoisotopic (exact) mass is 464 g/mol. The molecule has 33 heavy (non-hydrogen) atoms. The second-order valence-electron chi connectivity index (χ2n) is 7.01. The summed E-state index contributed by atoms with van der Waals surface area (Å²) in [7, 11) is 0. The maximum absolute atomic E-state index is 12.5. The molecule has 4 heterocycles. The molecule has 0 unspecified atom stereocenters. The number of amides is 1. The van der Waals surface area contributed by atoms with Gasteiger partial charge in [0.25, 0.3) is 0 Å². The van der Waals surface area contributed by atoms with E-state index in [4.69, 9.17) is 9.47 Å². The highest BCUT2D eigenvalue weighted by molar-refractivity contribution is 5.67. The number of nitrogens with one attached hydrogen (secondary N) is 1. The molecule has 0 aromatic carbocycles. The first kappa shape index (κ1) is 22.5. The molecule has 0 spiro atoms. The summed E-state index contributed by atoms with van der Waals surface area (Å²) in [5, 5.41) is 5.84. The number of nitrogens with zero attached hydrogens (tertiary/aromatic N) is 5. The third kappa shape index (κ3) is 5.94. The molecule has 0 aliphatic carbocycles. The molecular weight excluding hydrogens is 445 g/mol. The fourth-order valence-corrected chi connectivity index (χ4v) is 2.96. The summed E-state index contributed by atoms with van der Waals surface area (Å²) in [5.41, 5.74) is 1.45. The third-order valence-electron chi connectivity index (χ3n) is 4.68. The smallest absolute Gasteiger partial charge is 0.445 e. The van der Waals surface area contributed by atoms with Crippen LogP contribution in [0.4, 0.5) is 23.8 Å². The molecule has 1 fully saturated rings. The normalized spacial score (nSPS) is 14.2. The summed E-state index contributed by atoms with van der Waals surface area (Å²) >= 11 is 0. The van der Waals surface area contributed by atoms with Crippen LogP contribution in [0.5, 0.6) is 0 Å². The summed E-state index contributed by atoms with van der Waals surface area (Å²) < 4.78 is 52.3. The molecule has 10 nitrogen and oxygen atoms in total. The number of alkyl halides is 3. The van der Waals surface area contributed by atoms with Crippen molar-refractivity contribution in [1.82, 2.24) is 25.4 Å². The van der Waals surface area contributed by atoms with Gasteiger partial charge >= 0.3 is 18.2 Å². The lowest BCUT2D eigenvalue weighted by atomic mass is 10.2. The second kappa shape index (κ2) is 9.81. The van der Waals surface area contributed by atoms with Crippen LogP contribution >= 0.6 is 0 Å². The second-order valence-corrected chi connectivity index (χ2v) is 7.01. The Balaban J connectivity index is 1.23. The minimum absolute atomic E-state index is 0.0496. The van der Waals surface area contributed by atoms with E-state index in [9.17, 15) is 18.0 Å². The van der Waals surface area contributed by atoms with Crippen molar-refractivity contribution >= 4 is 11.9 Å². The van der Waals surface area contributed by atoms with Gasteiger partial charge in [-0.1, -0.05) is 11.2 Å². The van der Waals surface area contributed by atoms with Crippen molar-refractivity contribution in [2.75, 3.05) is 31.2 Å². The van der Waals surface area contributed by atoms with E-state index in [-0.39, 0.29) is 24.5 Å². The highest BCUT2D eigenvalue weighted by Crippen LogP contribution is 2.29. The van der Waals surface area contributed by atoms with Gasteiger partial charge in [-0.05, 0) is 18.2 Å². The zero-order valence-electron chi connectivity index (χ0n) is 17.2. The Hall–Kier alpha value is -3.74. The average Bonchev–Trinajstić information content (AvgIpc) is 3.34. The molecule has 1 N–H and O–H groups in total. The van der Waals surface area contributed by atoms with Gasteiger partial charge in [-0.2, -0.15) is 18.2 Å². The summed E-state index contributed by atoms with van der Waals surface area (Å²) in [4.78, 5) is 25.8. The molecule has 1 aliphatic heterocycles. The van der Waals surface area contributed by atoms with Crippen molar-refractivity contribution in [2.45, 2.75) is 19.3 Å². The van der Waals surface area contributed by atoms with Crippen molar-refractivity contribution in [3.63, 3.8) is 0 Å².